The Hall–Kier alpha value is -1.20. The predicted molar refractivity (Wildman–Crippen MR) is 66.0 cm³/mol. The van der Waals surface area contributed by atoms with E-state index in [1.807, 2.05) is 0 Å². The van der Waals surface area contributed by atoms with Crippen LogP contribution >= 0.6 is 0 Å². The minimum Gasteiger partial charge on any atom is -0.475 e. The molecule has 2 rings (SSSR count). The van der Waals surface area contributed by atoms with Gasteiger partial charge in [0.15, 0.2) is 5.82 Å². The molecule has 0 aliphatic heterocycles. The molecule has 1 aromatic rings. The summed E-state index contributed by atoms with van der Waals surface area (Å²) in [5, 5.41) is 3.27. The van der Waals surface area contributed by atoms with Crippen molar-refractivity contribution in [3.05, 3.63) is 23.6 Å². The number of halogens is 1. The number of methoxy groups -OCH3 is 1. The maximum Gasteiger partial charge on any atom is 0.250 e. The van der Waals surface area contributed by atoms with Gasteiger partial charge in [-0.25, -0.2) is 9.37 Å². The molecule has 1 aromatic heterocycles. The summed E-state index contributed by atoms with van der Waals surface area (Å²) >= 11 is 0. The van der Waals surface area contributed by atoms with Crippen molar-refractivity contribution in [2.24, 2.45) is 0 Å². The molecule has 0 atom stereocenters. The van der Waals surface area contributed by atoms with E-state index in [9.17, 15) is 4.39 Å². The highest BCUT2D eigenvalue weighted by atomic mass is 19.1. The normalized spacial score (nSPS) is 14.8. The molecule has 0 saturated heterocycles. The second-order valence-electron chi connectivity index (χ2n) is 4.44. The van der Waals surface area contributed by atoms with E-state index in [-0.39, 0.29) is 11.7 Å². The van der Waals surface area contributed by atoms with Crippen LogP contribution in [0.4, 0.5) is 4.39 Å². The number of nitrogens with one attached hydrogen (secondary N) is 1. The molecular formula is C13H19FN2O2. The maximum atomic E-state index is 14.0. The van der Waals surface area contributed by atoms with Crippen LogP contribution in [0.25, 0.3) is 0 Å². The van der Waals surface area contributed by atoms with E-state index in [0.717, 1.165) is 6.42 Å². The average molecular weight is 254 g/mol. The Kier molecular flexibility index (Phi) is 4.90. The molecule has 0 amide bonds. The van der Waals surface area contributed by atoms with Crippen LogP contribution < -0.4 is 10.1 Å². The summed E-state index contributed by atoms with van der Waals surface area (Å²) in [6, 6.07) is 2.25. The summed E-state index contributed by atoms with van der Waals surface area (Å²) in [5.74, 6) is -0.274. The molecule has 1 aliphatic rings. The first kappa shape index (κ1) is 13.2. The number of ether oxygens (including phenoxy) is 2. The largest absolute Gasteiger partial charge is 0.475 e. The van der Waals surface area contributed by atoms with Gasteiger partial charge in [-0.1, -0.05) is 0 Å². The van der Waals surface area contributed by atoms with Crippen LogP contribution in [0.5, 0.6) is 5.88 Å². The van der Waals surface area contributed by atoms with Crippen molar-refractivity contribution in [3.63, 3.8) is 0 Å². The third kappa shape index (κ3) is 3.92. The average Bonchev–Trinajstić information content (AvgIpc) is 3.19. The fraction of sp³-hybridized carbons (Fsp3) is 0.615. The van der Waals surface area contributed by atoms with Crippen LogP contribution in [-0.2, 0) is 11.3 Å². The first-order chi connectivity index (χ1) is 8.81. The summed E-state index contributed by atoms with van der Waals surface area (Å²) in [6.07, 6.45) is 4.68. The van der Waals surface area contributed by atoms with E-state index in [4.69, 9.17) is 9.47 Å². The molecule has 0 unspecified atom stereocenters. The molecule has 0 aromatic carbocycles. The summed E-state index contributed by atoms with van der Waals surface area (Å²) in [4.78, 5) is 3.91. The summed E-state index contributed by atoms with van der Waals surface area (Å²) in [5.41, 5.74) is 0.610. The van der Waals surface area contributed by atoms with Crippen molar-refractivity contribution in [1.82, 2.24) is 10.3 Å². The summed E-state index contributed by atoms with van der Waals surface area (Å²) < 4.78 is 24.2. The van der Waals surface area contributed by atoms with Crippen LogP contribution in [0.3, 0.4) is 0 Å². The van der Waals surface area contributed by atoms with Gasteiger partial charge in [-0.15, -0.1) is 0 Å². The number of hydrogen-bond donors (Lipinski definition) is 1. The topological polar surface area (TPSA) is 43.4 Å². The SMILES string of the molecule is COCCCOc1nccc(CNC2CC2)c1F. The third-order valence-corrected chi connectivity index (χ3v) is 2.83. The zero-order chi connectivity index (χ0) is 12.8. The molecule has 100 valence electrons. The Morgan fingerprint density at radius 3 is 3.00 bits per heavy atom. The van der Waals surface area contributed by atoms with Gasteiger partial charge in [0.2, 0.25) is 0 Å². The van der Waals surface area contributed by atoms with E-state index in [2.05, 4.69) is 10.3 Å². The van der Waals surface area contributed by atoms with Crippen molar-refractivity contribution < 1.29 is 13.9 Å². The third-order valence-electron chi connectivity index (χ3n) is 2.83. The van der Waals surface area contributed by atoms with Crippen molar-refractivity contribution in [1.29, 1.82) is 0 Å². The van der Waals surface area contributed by atoms with Gasteiger partial charge in [-0.3, -0.25) is 0 Å². The van der Waals surface area contributed by atoms with Crippen LogP contribution in [0.2, 0.25) is 0 Å². The fourth-order valence-corrected chi connectivity index (χ4v) is 1.61. The van der Waals surface area contributed by atoms with Gasteiger partial charge in [0, 0.05) is 44.5 Å². The van der Waals surface area contributed by atoms with Crippen LogP contribution in [0.15, 0.2) is 12.3 Å². The molecule has 5 heteroatoms. The van der Waals surface area contributed by atoms with E-state index in [1.54, 1.807) is 19.4 Å². The zero-order valence-electron chi connectivity index (χ0n) is 10.6. The number of hydrogen-bond acceptors (Lipinski definition) is 4. The van der Waals surface area contributed by atoms with Crippen LogP contribution in [0.1, 0.15) is 24.8 Å². The van der Waals surface area contributed by atoms with Gasteiger partial charge in [-0.05, 0) is 18.9 Å². The van der Waals surface area contributed by atoms with Crippen molar-refractivity contribution in [2.45, 2.75) is 31.8 Å². The Balaban J connectivity index is 1.86. The fourth-order valence-electron chi connectivity index (χ4n) is 1.61. The second-order valence-corrected chi connectivity index (χ2v) is 4.44. The number of aromatic nitrogens is 1. The smallest absolute Gasteiger partial charge is 0.250 e. The van der Waals surface area contributed by atoms with Crippen molar-refractivity contribution in [3.8, 4) is 5.88 Å². The van der Waals surface area contributed by atoms with Gasteiger partial charge in [0.1, 0.15) is 0 Å². The maximum absolute atomic E-state index is 14.0. The summed E-state index contributed by atoms with van der Waals surface area (Å²) in [7, 11) is 1.63. The number of pyridine rings is 1. The van der Waals surface area contributed by atoms with E-state index in [0.29, 0.717) is 31.4 Å². The minimum absolute atomic E-state index is 0.0844. The molecule has 1 saturated carbocycles. The lowest BCUT2D eigenvalue weighted by atomic mass is 10.2. The Bertz CT molecular complexity index is 383. The highest BCUT2D eigenvalue weighted by molar-refractivity contribution is 5.23. The molecule has 1 N–H and O–H groups in total. The van der Waals surface area contributed by atoms with Crippen molar-refractivity contribution in [2.75, 3.05) is 20.3 Å². The molecular weight excluding hydrogens is 235 g/mol. The van der Waals surface area contributed by atoms with Crippen LogP contribution in [-0.4, -0.2) is 31.3 Å². The quantitative estimate of drug-likeness (QED) is 0.719. The molecule has 0 bridgehead atoms. The number of rotatable bonds is 8. The minimum atomic E-state index is -0.358. The van der Waals surface area contributed by atoms with Gasteiger partial charge in [0.25, 0.3) is 5.88 Å². The zero-order valence-corrected chi connectivity index (χ0v) is 10.6. The van der Waals surface area contributed by atoms with Gasteiger partial charge in [0.05, 0.1) is 6.61 Å². The van der Waals surface area contributed by atoms with Gasteiger partial charge < -0.3 is 14.8 Å². The number of nitrogens with zero attached hydrogens (tertiary/aromatic N) is 1. The molecule has 0 radical (unpaired) electrons. The lowest BCUT2D eigenvalue weighted by molar-refractivity contribution is 0.168. The molecule has 1 heterocycles. The molecule has 0 spiro atoms. The Morgan fingerprint density at radius 1 is 1.44 bits per heavy atom. The standard InChI is InChI=1S/C13H19FN2O2/c1-17-7-2-8-18-13-12(14)10(5-6-15-13)9-16-11-3-4-11/h5-6,11,16H,2-4,7-9H2,1H3. The molecule has 1 aliphatic carbocycles. The predicted octanol–water partition coefficient (Wildman–Crippen LogP) is 1.89. The molecule has 18 heavy (non-hydrogen) atoms. The molecule has 1 fully saturated rings. The first-order valence-corrected chi connectivity index (χ1v) is 6.29. The highest BCUT2D eigenvalue weighted by Crippen LogP contribution is 2.21. The molecule has 4 nitrogen and oxygen atoms in total. The monoisotopic (exact) mass is 254 g/mol. The van der Waals surface area contributed by atoms with Crippen molar-refractivity contribution >= 4 is 0 Å². The summed E-state index contributed by atoms with van der Waals surface area (Å²) in [6.45, 7) is 1.55. The lowest BCUT2D eigenvalue weighted by Crippen LogP contribution is -2.17. The first-order valence-electron chi connectivity index (χ1n) is 6.29. The van der Waals surface area contributed by atoms with Gasteiger partial charge in [-0.2, -0.15) is 0 Å². The Labute approximate surface area is 107 Å². The van der Waals surface area contributed by atoms with E-state index < -0.39 is 0 Å². The lowest BCUT2D eigenvalue weighted by Gasteiger charge is -2.09. The Morgan fingerprint density at radius 2 is 2.28 bits per heavy atom. The highest BCUT2D eigenvalue weighted by Gasteiger charge is 2.21. The van der Waals surface area contributed by atoms with E-state index in [1.165, 1.54) is 12.8 Å². The second kappa shape index (κ2) is 6.66. The van der Waals surface area contributed by atoms with E-state index >= 15 is 0 Å². The van der Waals surface area contributed by atoms with Gasteiger partial charge >= 0.3 is 0 Å². The van der Waals surface area contributed by atoms with Crippen LogP contribution in [0, 0.1) is 5.82 Å².